The zero-order valence-electron chi connectivity index (χ0n) is 12.0. The molecule has 1 nitrogen and oxygen atoms in total. The van der Waals surface area contributed by atoms with Gasteiger partial charge >= 0.3 is 0 Å². The van der Waals surface area contributed by atoms with Crippen molar-refractivity contribution in [2.24, 2.45) is 0 Å². The number of rotatable bonds is 9. The molecule has 1 aromatic rings. The predicted octanol–water partition coefficient (Wildman–Crippen LogP) is 6.11. The smallest absolute Gasteiger partial charge is 0.0410 e. The molecule has 1 N–H and O–H groups in total. The standard InChI is InChI=1S/C16H25BrClN/c1-3-5-6-7-8-16(19-11-4-2)14-12-13(18)9-10-15(14)17/h9-10,12,16,19H,3-8,11H2,1-2H3. The topological polar surface area (TPSA) is 12.0 Å². The molecule has 3 heteroatoms. The van der Waals surface area contributed by atoms with Gasteiger partial charge in [-0.15, -0.1) is 0 Å². The van der Waals surface area contributed by atoms with E-state index < -0.39 is 0 Å². The van der Waals surface area contributed by atoms with E-state index in [0.717, 1.165) is 22.5 Å². The van der Waals surface area contributed by atoms with Gasteiger partial charge in [0.25, 0.3) is 0 Å². The lowest BCUT2D eigenvalue weighted by atomic mass is 10.00. The first kappa shape index (κ1) is 17.0. The summed E-state index contributed by atoms with van der Waals surface area (Å²) in [5, 5.41) is 4.46. The summed E-state index contributed by atoms with van der Waals surface area (Å²) in [6.07, 6.45) is 7.54. The fraction of sp³-hybridized carbons (Fsp3) is 0.625. The summed E-state index contributed by atoms with van der Waals surface area (Å²) in [6.45, 7) is 5.51. The minimum atomic E-state index is 0.407. The molecule has 108 valence electrons. The second-order valence-electron chi connectivity index (χ2n) is 5.02. The van der Waals surface area contributed by atoms with Crippen molar-refractivity contribution in [2.75, 3.05) is 6.54 Å². The summed E-state index contributed by atoms with van der Waals surface area (Å²) >= 11 is 9.78. The van der Waals surface area contributed by atoms with Crippen molar-refractivity contribution >= 4 is 27.5 Å². The van der Waals surface area contributed by atoms with Crippen molar-refractivity contribution in [1.29, 1.82) is 0 Å². The fourth-order valence-corrected chi connectivity index (χ4v) is 2.95. The molecule has 0 saturated carbocycles. The van der Waals surface area contributed by atoms with Crippen LogP contribution in [-0.4, -0.2) is 6.54 Å². The molecule has 0 aliphatic rings. The third kappa shape index (κ3) is 6.29. The highest BCUT2D eigenvalue weighted by atomic mass is 79.9. The van der Waals surface area contributed by atoms with Gasteiger partial charge in [-0.05, 0) is 43.1 Å². The zero-order chi connectivity index (χ0) is 14.1. The number of hydrogen-bond donors (Lipinski definition) is 1. The van der Waals surface area contributed by atoms with Crippen LogP contribution in [0.15, 0.2) is 22.7 Å². The molecular formula is C16H25BrClN. The number of benzene rings is 1. The number of halogens is 2. The van der Waals surface area contributed by atoms with E-state index in [1.807, 2.05) is 12.1 Å². The van der Waals surface area contributed by atoms with E-state index in [4.69, 9.17) is 11.6 Å². The highest BCUT2D eigenvalue weighted by Crippen LogP contribution is 2.30. The Bertz CT molecular complexity index is 368. The average molecular weight is 347 g/mol. The average Bonchev–Trinajstić information content (AvgIpc) is 2.41. The molecule has 0 heterocycles. The third-order valence-corrected chi connectivity index (χ3v) is 4.28. The van der Waals surface area contributed by atoms with E-state index in [9.17, 15) is 0 Å². The van der Waals surface area contributed by atoms with Crippen molar-refractivity contribution < 1.29 is 0 Å². The molecule has 1 atom stereocenters. The predicted molar refractivity (Wildman–Crippen MR) is 88.9 cm³/mol. The summed E-state index contributed by atoms with van der Waals surface area (Å²) in [5.41, 5.74) is 1.29. The van der Waals surface area contributed by atoms with Gasteiger partial charge in [0.15, 0.2) is 0 Å². The number of nitrogens with one attached hydrogen (secondary N) is 1. The Balaban J connectivity index is 2.68. The molecule has 0 aliphatic carbocycles. The second-order valence-corrected chi connectivity index (χ2v) is 6.31. The molecule has 0 amide bonds. The maximum Gasteiger partial charge on any atom is 0.0410 e. The lowest BCUT2D eigenvalue weighted by Gasteiger charge is -2.20. The van der Waals surface area contributed by atoms with Crippen LogP contribution in [0.5, 0.6) is 0 Å². The third-order valence-electron chi connectivity index (χ3n) is 3.32. The maximum atomic E-state index is 6.13. The Hall–Kier alpha value is -0.0500. The Kier molecular flexibility index (Phi) is 8.76. The molecule has 0 radical (unpaired) electrons. The van der Waals surface area contributed by atoms with Crippen molar-refractivity contribution in [3.05, 3.63) is 33.3 Å². The van der Waals surface area contributed by atoms with Crippen molar-refractivity contribution in [1.82, 2.24) is 5.32 Å². The Morgan fingerprint density at radius 1 is 1.16 bits per heavy atom. The Labute approximate surface area is 131 Å². The lowest BCUT2D eigenvalue weighted by molar-refractivity contribution is 0.469. The van der Waals surface area contributed by atoms with Crippen LogP contribution in [0.3, 0.4) is 0 Å². The summed E-state index contributed by atoms with van der Waals surface area (Å²) in [7, 11) is 0. The molecule has 0 spiro atoms. The molecule has 1 rings (SSSR count). The van der Waals surface area contributed by atoms with Gasteiger partial charge in [-0.1, -0.05) is 67.1 Å². The van der Waals surface area contributed by atoms with Crippen molar-refractivity contribution in [3.63, 3.8) is 0 Å². The second kappa shape index (κ2) is 9.79. The Morgan fingerprint density at radius 2 is 1.95 bits per heavy atom. The molecule has 0 fully saturated rings. The number of hydrogen-bond acceptors (Lipinski definition) is 1. The van der Waals surface area contributed by atoms with Crippen LogP contribution in [0.1, 0.15) is 64.0 Å². The molecule has 0 saturated heterocycles. The van der Waals surface area contributed by atoms with Gasteiger partial charge in [-0.2, -0.15) is 0 Å². The van der Waals surface area contributed by atoms with Crippen LogP contribution >= 0.6 is 27.5 Å². The van der Waals surface area contributed by atoms with E-state index in [2.05, 4.69) is 41.2 Å². The van der Waals surface area contributed by atoms with Gasteiger partial charge in [0.05, 0.1) is 0 Å². The minimum absolute atomic E-state index is 0.407. The van der Waals surface area contributed by atoms with Crippen LogP contribution in [0.25, 0.3) is 0 Å². The van der Waals surface area contributed by atoms with Gasteiger partial charge in [0.1, 0.15) is 0 Å². The van der Waals surface area contributed by atoms with Crippen LogP contribution < -0.4 is 5.32 Å². The van der Waals surface area contributed by atoms with E-state index in [-0.39, 0.29) is 0 Å². The quantitative estimate of drug-likeness (QED) is 0.532. The summed E-state index contributed by atoms with van der Waals surface area (Å²) in [6, 6.07) is 6.47. The Morgan fingerprint density at radius 3 is 2.63 bits per heavy atom. The van der Waals surface area contributed by atoms with Gasteiger partial charge < -0.3 is 5.32 Å². The highest BCUT2D eigenvalue weighted by Gasteiger charge is 2.14. The monoisotopic (exact) mass is 345 g/mol. The lowest BCUT2D eigenvalue weighted by Crippen LogP contribution is -2.22. The van der Waals surface area contributed by atoms with Crippen LogP contribution in [0, 0.1) is 0 Å². The van der Waals surface area contributed by atoms with Gasteiger partial charge in [-0.3, -0.25) is 0 Å². The number of unbranched alkanes of at least 4 members (excludes halogenated alkanes) is 3. The largest absolute Gasteiger partial charge is 0.310 e. The van der Waals surface area contributed by atoms with Crippen LogP contribution in [0.4, 0.5) is 0 Å². The molecule has 1 aromatic carbocycles. The molecule has 0 aromatic heterocycles. The highest BCUT2D eigenvalue weighted by molar-refractivity contribution is 9.10. The van der Waals surface area contributed by atoms with Gasteiger partial charge in [0, 0.05) is 15.5 Å². The molecule has 0 aliphatic heterocycles. The summed E-state index contributed by atoms with van der Waals surface area (Å²) < 4.78 is 1.15. The van der Waals surface area contributed by atoms with Crippen molar-refractivity contribution in [2.45, 2.75) is 58.4 Å². The van der Waals surface area contributed by atoms with Gasteiger partial charge in [-0.25, -0.2) is 0 Å². The minimum Gasteiger partial charge on any atom is -0.310 e. The molecule has 1 unspecified atom stereocenters. The SMILES string of the molecule is CCCCCCC(NCCC)c1cc(Cl)ccc1Br. The van der Waals surface area contributed by atoms with E-state index in [0.29, 0.717) is 6.04 Å². The fourth-order valence-electron chi connectivity index (χ4n) is 2.24. The summed E-state index contributed by atoms with van der Waals surface area (Å²) in [5.74, 6) is 0. The first-order valence-corrected chi connectivity index (χ1v) is 8.54. The molecule has 19 heavy (non-hydrogen) atoms. The molecular weight excluding hydrogens is 322 g/mol. The van der Waals surface area contributed by atoms with E-state index in [1.165, 1.54) is 37.7 Å². The molecule has 0 bridgehead atoms. The normalized spacial score (nSPS) is 12.6. The zero-order valence-corrected chi connectivity index (χ0v) is 14.4. The first-order chi connectivity index (χ1) is 9.19. The van der Waals surface area contributed by atoms with Crippen molar-refractivity contribution in [3.8, 4) is 0 Å². The first-order valence-electron chi connectivity index (χ1n) is 7.37. The van der Waals surface area contributed by atoms with Crippen LogP contribution in [-0.2, 0) is 0 Å². The summed E-state index contributed by atoms with van der Waals surface area (Å²) in [4.78, 5) is 0. The van der Waals surface area contributed by atoms with E-state index in [1.54, 1.807) is 0 Å². The maximum absolute atomic E-state index is 6.13. The van der Waals surface area contributed by atoms with E-state index >= 15 is 0 Å². The van der Waals surface area contributed by atoms with Gasteiger partial charge in [0.2, 0.25) is 0 Å². The van der Waals surface area contributed by atoms with Crippen LogP contribution in [0.2, 0.25) is 5.02 Å².